The van der Waals surface area contributed by atoms with Gasteiger partial charge in [0.1, 0.15) is 0 Å². The number of H-pyrrole nitrogens is 1. The molecule has 0 spiro atoms. The third-order valence-corrected chi connectivity index (χ3v) is 3.84. The fourth-order valence-electron chi connectivity index (χ4n) is 2.45. The molecule has 0 aliphatic carbocycles. The molecular formula is C16H19F3N2O2. The zero-order valence-corrected chi connectivity index (χ0v) is 13.1. The average Bonchev–Trinajstić information content (AvgIpc) is 2.88. The summed E-state index contributed by atoms with van der Waals surface area (Å²) in [5.41, 5.74) is 3.43. The van der Waals surface area contributed by atoms with Crippen LogP contribution in [0.5, 0.6) is 0 Å². The number of hydrogen-bond donors (Lipinski definition) is 2. The molecule has 1 aromatic carbocycles. The minimum Gasteiger partial charge on any atom is -0.464 e. The summed E-state index contributed by atoms with van der Waals surface area (Å²) in [4.78, 5) is 14.7. The standard InChI is InChI=1S/C16H19F3N2O2/c1-4-23-14(22)15(20,16(17,18)19)12-8-21-13-7-10(9(2)3)5-6-11(12)13/h5-9,21H,4,20H2,1-3H3/t15-/m0/s1. The van der Waals surface area contributed by atoms with Gasteiger partial charge in [-0.3, -0.25) is 0 Å². The van der Waals surface area contributed by atoms with Gasteiger partial charge < -0.3 is 15.5 Å². The van der Waals surface area contributed by atoms with Gasteiger partial charge in [-0.2, -0.15) is 13.2 Å². The van der Waals surface area contributed by atoms with Gasteiger partial charge in [-0.1, -0.05) is 26.0 Å². The van der Waals surface area contributed by atoms with E-state index in [4.69, 9.17) is 5.73 Å². The highest BCUT2D eigenvalue weighted by molar-refractivity contribution is 5.93. The number of alkyl halides is 3. The summed E-state index contributed by atoms with van der Waals surface area (Å²) in [5, 5.41) is 0.252. The Kier molecular flexibility index (Phi) is 4.43. The SMILES string of the molecule is CCOC(=O)[C@@](N)(c1c[nH]c2cc(C(C)C)ccc12)C(F)(F)F. The fourth-order valence-corrected chi connectivity index (χ4v) is 2.45. The van der Waals surface area contributed by atoms with Crippen LogP contribution in [0.1, 0.15) is 37.8 Å². The quantitative estimate of drug-likeness (QED) is 0.843. The lowest BCUT2D eigenvalue weighted by atomic mass is 9.89. The largest absolute Gasteiger partial charge is 0.464 e. The number of aromatic amines is 1. The van der Waals surface area contributed by atoms with Gasteiger partial charge in [-0.25, -0.2) is 4.79 Å². The number of benzene rings is 1. The molecule has 0 radical (unpaired) electrons. The van der Waals surface area contributed by atoms with E-state index in [1.165, 1.54) is 6.92 Å². The maximum atomic E-state index is 13.5. The molecular weight excluding hydrogens is 309 g/mol. The molecule has 2 rings (SSSR count). The predicted octanol–water partition coefficient (Wildman–Crippen LogP) is 3.57. The lowest BCUT2D eigenvalue weighted by molar-refractivity contribution is -0.208. The van der Waals surface area contributed by atoms with E-state index in [-0.39, 0.29) is 23.5 Å². The molecule has 0 fully saturated rings. The number of nitrogens with two attached hydrogens (primary N) is 1. The van der Waals surface area contributed by atoms with Gasteiger partial charge in [0, 0.05) is 22.7 Å². The Hall–Kier alpha value is -2.02. The van der Waals surface area contributed by atoms with E-state index in [0.717, 1.165) is 11.8 Å². The highest BCUT2D eigenvalue weighted by Crippen LogP contribution is 2.41. The average molecular weight is 328 g/mol. The summed E-state index contributed by atoms with van der Waals surface area (Å²) in [7, 11) is 0. The Morgan fingerprint density at radius 1 is 1.35 bits per heavy atom. The van der Waals surface area contributed by atoms with Gasteiger partial charge in [-0.05, 0) is 24.5 Å². The van der Waals surface area contributed by atoms with Crippen LogP contribution in [-0.2, 0) is 15.1 Å². The van der Waals surface area contributed by atoms with Gasteiger partial charge in [-0.15, -0.1) is 0 Å². The molecule has 2 aromatic rings. The van der Waals surface area contributed by atoms with Crippen molar-refractivity contribution in [2.24, 2.45) is 5.73 Å². The van der Waals surface area contributed by atoms with E-state index < -0.39 is 17.7 Å². The van der Waals surface area contributed by atoms with Crippen LogP contribution in [0.2, 0.25) is 0 Å². The first-order chi connectivity index (χ1) is 10.6. The first-order valence-corrected chi connectivity index (χ1v) is 7.27. The van der Waals surface area contributed by atoms with Gasteiger partial charge in [0.25, 0.3) is 0 Å². The summed E-state index contributed by atoms with van der Waals surface area (Å²) >= 11 is 0. The zero-order chi connectivity index (χ0) is 17.4. The first-order valence-electron chi connectivity index (χ1n) is 7.27. The molecule has 1 heterocycles. The molecule has 0 unspecified atom stereocenters. The molecule has 0 saturated carbocycles. The monoisotopic (exact) mass is 328 g/mol. The Balaban J connectivity index is 2.65. The number of ether oxygens (including phenoxy) is 1. The lowest BCUT2D eigenvalue weighted by Gasteiger charge is -2.29. The maximum absolute atomic E-state index is 13.5. The van der Waals surface area contributed by atoms with Crippen LogP contribution in [0.25, 0.3) is 10.9 Å². The van der Waals surface area contributed by atoms with Crippen molar-refractivity contribution in [1.29, 1.82) is 0 Å². The summed E-state index contributed by atoms with van der Waals surface area (Å²) in [6, 6.07) is 5.03. The van der Waals surface area contributed by atoms with Crippen LogP contribution in [0.3, 0.4) is 0 Å². The highest BCUT2D eigenvalue weighted by atomic mass is 19.4. The van der Waals surface area contributed by atoms with Gasteiger partial charge in [0.15, 0.2) is 0 Å². The molecule has 0 aliphatic rings. The van der Waals surface area contributed by atoms with E-state index >= 15 is 0 Å². The Morgan fingerprint density at radius 2 is 2.00 bits per heavy atom. The Bertz CT molecular complexity index is 722. The number of carbonyl (C=O) groups is 1. The van der Waals surface area contributed by atoms with Crippen LogP contribution < -0.4 is 5.73 Å². The molecule has 1 aromatic heterocycles. The topological polar surface area (TPSA) is 68.1 Å². The second-order valence-electron chi connectivity index (χ2n) is 5.69. The van der Waals surface area contributed by atoms with Gasteiger partial charge in [0.2, 0.25) is 5.54 Å². The summed E-state index contributed by atoms with van der Waals surface area (Å²) in [6.45, 7) is 5.20. The minimum absolute atomic E-state index is 0.187. The van der Waals surface area contributed by atoms with Crippen molar-refractivity contribution in [3.05, 3.63) is 35.5 Å². The van der Waals surface area contributed by atoms with Crippen LogP contribution >= 0.6 is 0 Å². The van der Waals surface area contributed by atoms with Crippen molar-refractivity contribution in [1.82, 2.24) is 4.98 Å². The fraction of sp³-hybridized carbons (Fsp3) is 0.438. The van der Waals surface area contributed by atoms with Crippen LogP contribution in [0.4, 0.5) is 13.2 Å². The lowest BCUT2D eigenvalue weighted by Crippen LogP contribution is -2.57. The smallest absolute Gasteiger partial charge is 0.421 e. The van der Waals surface area contributed by atoms with E-state index in [0.29, 0.717) is 5.52 Å². The number of aromatic nitrogens is 1. The van der Waals surface area contributed by atoms with Crippen molar-refractivity contribution in [2.75, 3.05) is 6.61 Å². The van der Waals surface area contributed by atoms with Gasteiger partial charge >= 0.3 is 12.1 Å². The van der Waals surface area contributed by atoms with Crippen molar-refractivity contribution < 1.29 is 22.7 Å². The van der Waals surface area contributed by atoms with Crippen molar-refractivity contribution in [3.8, 4) is 0 Å². The van der Waals surface area contributed by atoms with E-state index in [1.807, 2.05) is 13.8 Å². The molecule has 1 atom stereocenters. The summed E-state index contributed by atoms with van der Waals surface area (Å²) in [6.07, 6.45) is -3.86. The van der Waals surface area contributed by atoms with Crippen LogP contribution in [0, 0.1) is 0 Å². The highest BCUT2D eigenvalue weighted by Gasteiger charge is 2.61. The minimum atomic E-state index is -4.98. The number of esters is 1. The number of hydrogen-bond acceptors (Lipinski definition) is 3. The normalized spacial score (nSPS) is 15.0. The molecule has 0 saturated heterocycles. The number of rotatable bonds is 4. The maximum Gasteiger partial charge on any atom is 0.421 e. The van der Waals surface area contributed by atoms with Crippen molar-refractivity contribution in [2.45, 2.75) is 38.4 Å². The molecule has 126 valence electrons. The van der Waals surface area contributed by atoms with Crippen LogP contribution in [-0.4, -0.2) is 23.7 Å². The predicted molar refractivity (Wildman–Crippen MR) is 80.9 cm³/mol. The van der Waals surface area contributed by atoms with Crippen molar-refractivity contribution >= 4 is 16.9 Å². The Labute approximate surface area is 131 Å². The summed E-state index contributed by atoms with van der Waals surface area (Å²) in [5.74, 6) is -1.29. The molecule has 0 bridgehead atoms. The van der Waals surface area contributed by atoms with E-state index in [1.54, 1.807) is 18.2 Å². The summed E-state index contributed by atoms with van der Waals surface area (Å²) < 4.78 is 45.2. The van der Waals surface area contributed by atoms with Crippen LogP contribution in [0.15, 0.2) is 24.4 Å². The second kappa shape index (κ2) is 5.88. The zero-order valence-electron chi connectivity index (χ0n) is 13.1. The second-order valence-corrected chi connectivity index (χ2v) is 5.69. The molecule has 0 amide bonds. The van der Waals surface area contributed by atoms with E-state index in [2.05, 4.69) is 9.72 Å². The van der Waals surface area contributed by atoms with E-state index in [9.17, 15) is 18.0 Å². The van der Waals surface area contributed by atoms with Crippen molar-refractivity contribution in [3.63, 3.8) is 0 Å². The Morgan fingerprint density at radius 3 is 2.52 bits per heavy atom. The number of halogens is 3. The molecule has 7 heteroatoms. The third kappa shape index (κ3) is 2.81. The van der Waals surface area contributed by atoms with Gasteiger partial charge in [0.05, 0.1) is 6.61 Å². The first kappa shape index (κ1) is 17.3. The molecule has 4 nitrogen and oxygen atoms in total. The molecule has 0 aliphatic heterocycles. The number of carbonyl (C=O) groups excluding carboxylic acids is 1. The molecule has 23 heavy (non-hydrogen) atoms. The molecule has 3 N–H and O–H groups in total. The number of nitrogens with one attached hydrogen (secondary N) is 1. The number of fused-ring (bicyclic) bond motifs is 1. The third-order valence-electron chi connectivity index (χ3n) is 3.84.